The molecule has 0 N–H and O–H groups in total. The summed E-state index contributed by atoms with van der Waals surface area (Å²) in [6, 6.07) is 14.0. The standard InChI is InChI=1S/C24H24FN5O2S/c1-2-30(24-26-19-7-3-4-8-20(19)33-24)21(31)15-29-13-5-6-17(14-29)23-27-22(28-32-23)16-9-11-18(25)12-10-16/h3-4,7-12,17H,2,5-6,13-15H2,1H3. The third-order valence-electron chi connectivity index (χ3n) is 5.89. The molecule has 0 bridgehead atoms. The number of likely N-dealkylation sites (N-methyl/N-ethyl adjacent to an activating group) is 1. The van der Waals surface area contributed by atoms with Gasteiger partial charge in [-0.2, -0.15) is 4.98 Å². The van der Waals surface area contributed by atoms with Gasteiger partial charge < -0.3 is 4.52 Å². The molecule has 3 heterocycles. The van der Waals surface area contributed by atoms with E-state index in [1.165, 1.54) is 23.5 Å². The molecule has 1 saturated heterocycles. The Morgan fingerprint density at radius 3 is 2.82 bits per heavy atom. The number of piperidine rings is 1. The van der Waals surface area contributed by atoms with Crippen molar-refractivity contribution in [3.8, 4) is 11.4 Å². The van der Waals surface area contributed by atoms with Gasteiger partial charge in [0.15, 0.2) is 5.13 Å². The summed E-state index contributed by atoms with van der Waals surface area (Å²) in [5.74, 6) is 0.804. The average Bonchev–Trinajstić information content (AvgIpc) is 3.48. The molecule has 0 saturated carbocycles. The Hall–Kier alpha value is -3.17. The molecule has 0 spiro atoms. The van der Waals surface area contributed by atoms with Crippen molar-refractivity contribution < 1.29 is 13.7 Å². The van der Waals surface area contributed by atoms with Crippen molar-refractivity contribution in [2.24, 2.45) is 0 Å². The van der Waals surface area contributed by atoms with Crippen molar-refractivity contribution in [2.45, 2.75) is 25.7 Å². The number of thiazole rings is 1. The summed E-state index contributed by atoms with van der Waals surface area (Å²) < 4.78 is 19.8. The van der Waals surface area contributed by atoms with E-state index in [4.69, 9.17) is 4.52 Å². The fraction of sp³-hybridized carbons (Fsp3) is 0.333. The van der Waals surface area contributed by atoms with E-state index in [0.29, 0.717) is 36.9 Å². The van der Waals surface area contributed by atoms with Crippen LogP contribution < -0.4 is 4.90 Å². The van der Waals surface area contributed by atoms with Crippen molar-refractivity contribution in [3.63, 3.8) is 0 Å². The van der Waals surface area contributed by atoms with Crippen LogP contribution in [0.25, 0.3) is 21.6 Å². The molecule has 4 aromatic rings. The number of rotatable bonds is 6. The molecule has 1 aliphatic rings. The second-order valence-electron chi connectivity index (χ2n) is 8.14. The van der Waals surface area contributed by atoms with Gasteiger partial charge in [-0.15, -0.1) is 0 Å². The van der Waals surface area contributed by atoms with E-state index in [1.807, 2.05) is 31.2 Å². The minimum atomic E-state index is -0.304. The number of amides is 1. The van der Waals surface area contributed by atoms with E-state index in [0.717, 1.165) is 34.7 Å². The zero-order valence-electron chi connectivity index (χ0n) is 18.3. The first-order valence-corrected chi connectivity index (χ1v) is 11.9. The fourth-order valence-electron chi connectivity index (χ4n) is 4.19. The summed E-state index contributed by atoms with van der Waals surface area (Å²) in [5.41, 5.74) is 1.62. The van der Waals surface area contributed by atoms with Crippen molar-refractivity contribution >= 4 is 32.6 Å². The Bertz CT molecular complexity index is 1220. The first-order chi connectivity index (χ1) is 16.1. The number of hydrogen-bond donors (Lipinski definition) is 0. The summed E-state index contributed by atoms with van der Waals surface area (Å²) in [6.45, 7) is 4.38. The highest BCUT2D eigenvalue weighted by Crippen LogP contribution is 2.30. The Morgan fingerprint density at radius 2 is 2.03 bits per heavy atom. The minimum Gasteiger partial charge on any atom is -0.339 e. The van der Waals surface area contributed by atoms with Gasteiger partial charge in [-0.05, 0) is 62.7 Å². The van der Waals surface area contributed by atoms with E-state index in [-0.39, 0.29) is 17.6 Å². The van der Waals surface area contributed by atoms with Crippen LogP contribution in [0.5, 0.6) is 0 Å². The summed E-state index contributed by atoms with van der Waals surface area (Å²) in [5, 5.41) is 4.80. The predicted octanol–water partition coefficient (Wildman–Crippen LogP) is 4.72. The Kier molecular flexibility index (Phi) is 6.15. The second kappa shape index (κ2) is 9.36. The van der Waals surface area contributed by atoms with Crippen LogP contribution in [0, 0.1) is 5.82 Å². The third kappa shape index (κ3) is 4.65. The molecule has 0 aliphatic carbocycles. The molecule has 1 atom stereocenters. The number of halogens is 1. The number of carbonyl (C=O) groups is 1. The quantitative estimate of drug-likeness (QED) is 0.410. The van der Waals surface area contributed by atoms with E-state index < -0.39 is 0 Å². The van der Waals surface area contributed by atoms with Crippen LogP contribution in [0.1, 0.15) is 31.6 Å². The Balaban J connectivity index is 1.26. The highest BCUT2D eigenvalue weighted by molar-refractivity contribution is 7.22. The van der Waals surface area contributed by atoms with Crippen LogP contribution in [0.15, 0.2) is 53.1 Å². The van der Waals surface area contributed by atoms with Gasteiger partial charge in [-0.25, -0.2) is 9.37 Å². The van der Waals surface area contributed by atoms with Crippen molar-refractivity contribution in [2.75, 3.05) is 31.1 Å². The number of benzene rings is 2. The van der Waals surface area contributed by atoms with E-state index in [1.54, 1.807) is 17.0 Å². The Labute approximate surface area is 194 Å². The lowest BCUT2D eigenvalue weighted by atomic mass is 9.98. The highest BCUT2D eigenvalue weighted by Gasteiger charge is 2.29. The number of aromatic nitrogens is 3. The van der Waals surface area contributed by atoms with Crippen LogP contribution >= 0.6 is 11.3 Å². The molecule has 5 rings (SSSR count). The molecule has 33 heavy (non-hydrogen) atoms. The lowest BCUT2D eigenvalue weighted by molar-refractivity contribution is -0.120. The second-order valence-corrected chi connectivity index (χ2v) is 9.15. The van der Waals surface area contributed by atoms with Gasteiger partial charge >= 0.3 is 0 Å². The molecular formula is C24H24FN5O2S. The van der Waals surface area contributed by atoms with Crippen LogP contribution in [0.2, 0.25) is 0 Å². The maximum Gasteiger partial charge on any atom is 0.242 e. The number of likely N-dealkylation sites (tertiary alicyclic amines) is 1. The molecular weight excluding hydrogens is 441 g/mol. The van der Waals surface area contributed by atoms with Crippen LogP contribution in [0.3, 0.4) is 0 Å². The predicted molar refractivity (Wildman–Crippen MR) is 126 cm³/mol. The summed E-state index contributed by atoms with van der Waals surface area (Å²) in [7, 11) is 0. The SMILES string of the molecule is CCN(C(=O)CN1CCCC(c2nc(-c3ccc(F)cc3)no2)C1)c1nc2ccccc2s1. The van der Waals surface area contributed by atoms with E-state index in [9.17, 15) is 9.18 Å². The number of hydrogen-bond acceptors (Lipinski definition) is 7. The van der Waals surface area contributed by atoms with E-state index >= 15 is 0 Å². The van der Waals surface area contributed by atoms with Crippen molar-refractivity contribution in [1.29, 1.82) is 0 Å². The maximum absolute atomic E-state index is 13.2. The molecule has 2 aromatic carbocycles. The van der Waals surface area contributed by atoms with Crippen molar-refractivity contribution in [1.82, 2.24) is 20.0 Å². The monoisotopic (exact) mass is 465 g/mol. The normalized spacial score (nSPS) is 16.8. The lowest BCUT2D eigenvalue weighted by Gasteiger charge is -2.31. The molecule has 170 valence electrons. The van der Waals surface area contributed by atoms with Crippen molar-refractivity contribution in [3.05, 3.63) is 60.2 Å². The summed E-state index contributed by atoms with van der Waals surface area (Å²) in [4.78, 5) is 26.2. The van der Waals surface area contributed by atoms with Crippen LogP contribution in [-0.4, -0.2) is 52.1 Å². The van der Waals surface area contributed by atoms with Gasteiger partial charge in [-0.1, -0.05) is 28.6 Å². The van der Waals surface area contributed by atoms with Gasteiger partial charge in [0.05, 0.1) is 22.7 Å². The number of para-hydroxylation sites is 1. The number of anilines is 1. The summed E-state index contributed by atoms with van der Waals surface area (Å²) in [6.07, 6.45) is 1.87. The minimum absolute atomic E-state index is 0.0368. The number of fused-ring (bicyclic) bond motifs is 1. The largest absolute Gasteiger partial charge is 0.339 e. The molecule has 2 aromatic heterocycles. The van der Waals surface area contributed by atoms with Crippen LogP contribution in [-0.2, 0) is 4.79 Å². The smallest absolute Gasteiger partial charge is 0.242 e. The van der Waals surface area contributed by atoms with Gasteiger partial charge in [0.2, 0.25) is 17.6 Å². The molecule has 1 unspecified atom stereocenters. The van der Waals surface area contributed by atoms with Gasteiger partial charge in [-0.3, -0.25) is 14.6 Å². The molecule has 7 nitrogen and oxygen atoms in total. The molecule has 1 fully saturated rings. The van der Waals surface area contributed by atoms with Gasteiger partial charge in [0, 0.05) is 18.7 Å². The molecule has 1 aliphatic heterocycles. The van der Waals surface area contributed by atoms with Gasteiger partial charge in [0.25, 0.3) is 0 Å². The zero-order valence-corrected chi connectivity index (χ0v) is 19.1. The Morgan fingerprint density at radius 1 is 1.21 bits per heavy atom. The number of nitrogens with zero attached hydrogens (tertiary/aromatic N) is 5. The number of carbonyl (C=O) groups excluding carboxylic acids is 1. The first-order valence-electron chi connectivity index (χ1n) is 11.1. The fourth-order valence-corrected chi connectivity index (χ4v) is 5.24. The van der Waals surface area contributed by atoms with E-state index in [2.05, 4.69) is 20.0 Å². The average molecular weight is 466 g/mol. The lowest BCUT2D eigenvalue weighted by Crippen LogP contribution is -2.44. The summed E-state index contributed by atoms with van der Waals surface area (Å²) >= 11 is 1.54. The molecule has 0 radical (unpaired) electrons. The third-order valence-corrected chi connectivity index (χ3v) is 6.95. The molecule has 9 heteroatoms. The topological polar surface area (TPSA) is 75.4 Å². The highest BCUT2D eigenvalue weighted by atomic mass is 32.1. The van der Waals surface area contributed by atoms with Gasteiger partial charge in [0.1, 0.15) is 5.82 Å². The maximum atomic E-state index is 13.2. The molecule has 1 amide bonds. The zero-order chi connectivity index (χ0) is 22.8. The van der Waals surface area contributed by atoms with Crippen LogP contribution in [0.4, 0.5) is 9.52 Å². The first kappa shape index (κ1) is 21.7.